The van der Waals surface area contributed by atoms with Crippen molar-refractivity contribution in [3.05, 3.63) is 0 Å². The highest BCUT2D eigenvalue weighted by Gasteiger charge is 2.63. The van der Waals surface area contributed by atoms with Gasteiger partial charge in [-0.2, -0.15) is 0 Å². The smallest absolute Gasteiger partial charge is 0.303 e. The highest BCUT2D eigenvalue weighted by Crippen LogP contribution is 2.66. The monoisotopic (exact) mass is 495 g/mol. The van der Waals surface area contributed by atoms with Gasteiger partial charge in [-0.1, -0.05) is 13.8 Å². The maximum Gasteiger partial charge on any atom is 0.303 e. The molecule has 0 radical (unpaired) electrons. The molecule has 4 nitrogen and oxygen atoms in total. The molecule has 0 aromatic heterocycles. The minimum atomic E-state index is -0.106. The molecule has 0 amide bonds. The number of carbonyl (C=O) groups excluding carboxylic acids is 2. The van der Waals surface area contributed by atoms with Crippen molar-refractivity contribution in [2.75, 3.05) is 20.1 Å². The molecule has 0 aromatic rings. The predicted molar refractivity (Wildman–Crippen MR) is 117 cm³/mol. The number of likely N-dealkylation sites (N-methyl/N-ethyl adjacent to an activating group) is 1. The lowest BCUT2D eigenvalue weighted by molar-refractivity contribution is -0.927. The lowest BCUT2D eigenvalue weighted by atomic mass is 9.44. The Morgan fingerprint density at radius 1 is 1.06 bits per heavy atom. The number of ketones is 1. The van der Waals surface area contributed by atoms with Crippen LogP contribution in [0.4, 0.5) is 0 Å². The van der Waals surface area contributed by atoms with E-state index in [2.05, 4.69) is 20.9 Å². The third kappa shape index (κ3) is 3.55. The van der Waals surface area contributed by atoms with Gasteiger partial charge in [0.25, 0.3) is 0 Å². The van der Waals surface area contributed by atoms with Crippen molar-refractivity contribution in [3.8, 4) is 0 Å². The molecule has 176 valence electrons. The van der Waals surface area contributed by atoms with Gasteiger partial charge in [0.1, 0.15) is 11.8 Å². The number of hydrogen-bond acceptors (Lipinski definition) is 3. The predicted octanol–water partition coefficient (Wildman–Crippen LogP) is 1.75. The van der Waals surface area contributed by atoms with Crippen LogP contribution in [-0.4, -0.2) is 48.5 Å². The zero-order valence-electron chi connectivity index (χ0n) is 20.0. The summed E-state index contributed by atoms with van der Waals surface area (Å²) in [5.74, 6) is 3.19. The van der Waals surface area contributed by atoms with E-state index in [4.69, 9.17) is 4.74 Å². The summed E-state index contributed by atoms with van der Waals surface area (Å²) in [4.78, 5) is 24.7. The van der Waals surface area contributed by atoms with E-state index in [-0.39, 0.29) is 34.5 Å². The second kappa shape index (κ2) is 8.11. The minimum absolute atomic E-state index is 0. The molecule has 4 saturated carbocycles. The fourth-order valence-electron chi connectivity index (χ4n) is 9.38. The summed E-state index contributed by atoms with van der Waals surface area (Å²) in [7, 11) is 2.42. The highest BCUT2D eigenvalue weighted by atomic mass is 79.9. The molecule has 5 heteroatoms. The third-order valence-corrected chi connectivity index (χ3v) is 11.1. The zero-order chi connectivity index (χ0) is 21.3. The molecular formula is C26H42BrNO3. The summed E-state index contributed by atoms with van der Waals surface area (Å²) in [5, 5.41) is 0. The van der Waals surface area contributed by atoms with Gasteiger partial charge in [0, 0.05) is 38.0 Å². The molecule has 0 bridgehead atoms. The third-order valence-electron chi connectivity index (χ3n) is 11.1. The Hall–Kier alpha value is -0.420. The summed E-state index contributed by atoms with van der Waals surface area (Å²) in [6.07, 6.45) is 11.7. The largest absolute Gasteiger partial charge is 1.00 e. The van der Waals surface area contributed by atoms with Crippen LogP contribution in [0.25, 0.3) is 0 Å². The molecule has 4 aliphatic carbocycles. The first-order valence-electron chi connectivity index (χ1n) is 12.7. The fraction of sp³-hybridized carbons (Fsp3) is 0.923. The molecule has 5 aliphatic rings. The average molecular weight is 497 g/mol. The van der Waals surface area contributed by atoms with Crippen LogP contribution in [0.1, 0.15) is 85.0 Å². The first-order valence-corrected chi connectivity index (χ1v) is 12.7. The molecule has 31 heavy (non-hydrogen) atoms. The number of hydrogen-bond donors (Lipinski definition) is 0. The summed E-state index contributed by atoms with van der Waals surface area (Å²) in [6, 6.07) is 0.440. The van der Waals surface area contributed by atoms with Crippen LogP contribution in [0.3, 0.4) is 0 Å². The molecule has 0 unspecified atom stereocenters. The van der Waals surface area contributed by atoms with Crippen LogP contribution in [-0.2, 0) is 14.3 Å². The normalized spacial score (nSPS) is 48.2. The molecule has 0 spiro atoms. The van der Waals surface area contributed by atoms with Crippen LogP contribution < -0.4 is 17.0 Å². The molecule has 1 saturated heterocycles. The van der Waals surface area contributed by atoms with Crippen molar-refractivity contribution in [2.45, 2.75) is 97.1 Å². The molecule has 0 aromatic carbocycles. The Balaban J connectivity index is 0.00000231. The number of rotatable bonds is 2. The van der Waals surface area contributed by atoms with Crippen LogP contribution in [0, 0.1) is 34.5 Å². The Bertz CT molecular complexity index is 734. The molecule has 5 fully saturated rings. The van der Waals surface area contributed by atoms with Gasteiger partial charge in [-0.3, -0.25) is 9.59 Å². The maximum atomic E-state index is 12.7. The number of likely N-dealkylation sites (tertiary alicyclic amines) is 1. The first kappa shape index (κ1) is 23.7. The van der Waals surface area contributed by atoms with Crippen molar-refractivity contribution in [1.29, 1.82) is 0 Å². The van der Waals surface area contributed by atoms with Crippen LogP contribution in [0.5, 0.6) is 0 Å². The van der Waals surface area contributed by atoms with E-state index in [1.54, 1.807) is 6.92 Å². The first-order chi connectivity index (χ1) is 14.2. The van der Waals surface area contributed by atoms with Crippen molar-refractivity contribution >= 4 is 11.8 Å². The lowest BCUT2D eigenvalue weighted by Gasteiger charge is -2.62. The van der Waals surface area contributed by atoms with E-state index in [1.807, 2.05) is 0 Å². The number of quaternary nitrogens is 1. The highest BCUT2D eigenvalue weighted by molar-refractivity contribution is 5.87. The SMILES string of the molecule is CC(=O)O[C@H]1C[C@@H]2CC[C@@H]3[C@H](CC[C@]4(C)C(=O)CC[C@@H]34)[C@@]2(C)C[C@@H]1[N+]1(C)CCCC1.[Br-]. The Kier molecular flexibility index (Phi) is 6.21. The number of halogens is 1. The van der Waals surface area contributed by atoms with Crippen LogP contribution in [0.15, 0.2) is 0 Å². The topological polar surface area (TPSA) is 43.4 Å². The summed E-state index contributed by atoms with van der Waals surface area (Å²) < 4.78 is 7.11. The Morgan fingerprint density at radius 3 is 2.45 bits per heavy atom. The molecule has 8 atom stereocenters. The number of carbonyl (C=O) groups is 2. The molecular weight excluding hydrogens is 454 g/mol. The summed E-state index contributed by atoms with van der Waals surface area (Å²) in [6.45, 7) is 8.92. The molecule has 1 heterocycles. The van der Waals surface area contributed by atoms with Gasteiger partial charge in [-0.05, 0) is 67.6 Å². The molecule has 0 N–H and O–H groups in total. The van der Waals surface area contributed by atoms with Crippen molar-refractivity contribution in [1.82, 2.24) is 0 Å². The van der Waals surface area contributed by atoms with Crippen molar-refractivity contribution in [3.63, 3.8) is 0 Å². The van der Waals surface area contributed by atoms with Gasteiger partial charge in [-0.15, -0.1) is 0 Å². The van der Waals surface area contributed by atoms with Crippen LogP contribution >= 0.6 is 0 Å². The quantitative estimate of drug-likeness (QED) is 0.432. The van der Waals surface area contributed by atoms with E-state index < -0.39 is 0 Å². The molecule has 5 rings (SSSR count). The van der Waals surface area contributed by atoms with Crippen molar-refractivity contribution in [2.24, 2.45) is 34.5 Å². The second-order valence-electron chi connectivity index (χ2n) is 12.4. The lowest BCUT2D eigenvalue weighted by Crippen LogP contribution is -3.00. The van der Waals surface area contributed by atoms with Gasteiger partial charge < -0.3 is 26.2 Å². The maximum absolute atomic E-state index is 12.7. The van der Waals surface area contributed by atoms with Gasteiger partial charge in [-0.25, -0.2) is 0 Å². The van der Waals surface area contributed by atoms with Crippen molar-refractivity contribution < 1.29 is 35.8 Å². The van der Waals surface area contributed by atoms with Crippen LogP contribution in [0.2, 0.25) is 0 Å². The van der Waals surface area contributed by atoms with E-state index in [0.29, 0.717) is 29.1 Å². The van der Waals surface area contributed by atoms with E-state index in [0.717, 1.165) is 42.0 Å². The van der Waals surface area contributed by atoms with E-state index in [9.17, 15) is 9.59 Å². The summed E-state index contributed by atoms with van der Waals surface area (Å²) >= 11 is 0. The number of esters is 1. The number of fused-ring (bicyclic) bond motifs is 5. The molecule has 1 aliphatic heterocycles. The number of Topliss-reactive ketones (excluding diaryl/α,β-unsaturated/α-hetero) is 1. The van der Waals surface area contributed by atoms with E-state index in [1.165, 1.54) is 51.6 Å². The fourth-order valence-corrected chi connectivity index (χ4v) is 9.38. The zero-order valence-corrected chi connectivity index (χ0v) is 21.6. The van der Waals surface area contributed by atoms with E-state index >= 15 is 0 Å². The van der Waals surface area contributed by atoms with Gasteiger partial charge in [0.15, 0.2) is 6.10 Å². The summed E-state index contributed by atoms with van der Waals surface area (Å²) in [5.41, 5.74) is 0.299. The minimum Gasteiger partial charge on any atom is -1.00 e. The van der Waals surface area contributed by atoms with Gasteiger partial charge in [0.05, 0.1) is 20.1 Å². The Morgan fingerprint density at radius 2 is 1.77 bits per heavy atom. The standard InChI is InChI=1S/C26H42NO3.BrH/c1-17(28)30-23-15-18-7-8-19-20-9-10-24(29)25(20,2)12-11-21(19)26(18,3)16-22(23)27(4)13-5-6-14-27;/h18-23H,5-16H2,1-4H3;1H/q+1;/p-1/t18-,19-,20-,21-,22-,23-,25-,26-;/m0./s1. The number of ether oxygens (including phenoxy) is 1. The number of nitrogens with zero attached hydrogens (tertiary/aromatic N) is 1. The second-order valence-corrected chi connectivity index (χ2v) is 12.4. The average Bonchev–Trinajstić information content (AvgIpc) is 3.25. The van der Waals surface area contributed by atoms with Gasteiger partial charge in [0.2, 0.25) is 0 Å². The Labute approximate surface area is 199 Å². The van der Waals surface area contributed by atoms with Gasteiger partial charge >= 0.3 is 5.97 Å².